The molecule has 0 spiro atoms. The summed E-state index contributed by atoms with van der Waals surface area (Å²) in [5, 5.41) is 9.85. The average Bonchev–Trinajstić information content (AvgIpc) is 3.40. The number of aromatic amines is 2. The van der Waals surface area contributed by atoms with Gasteiger partial charge in [-0.05, 0) is 17.7 Å². The Morgan fingerprint density at radius 2 is 2.04 bits per heavy atom. The van der Waals surface area contributed by atoms with Crippen LogP contribution in [0.25, 0.3) is 22.3 Å². The molecule has 2 N–H and O–H groups in total. The molecule has 4 aromatic rings. The van der Waals surface area contributed by atoms with Crippen molar-refractivity contribution in [2.75, 3.05) is 6.54 Å². The highest BCUT2D eigenvalue weighted by molar-refractivity contribution is 5.96. The number of nitrogens with zero attached hydrogens (tertiary/aromatic N) is 4. The van der Waals surface area contributed by atoms with Crippen molar-refractivity contribution in [2.45, 2.75) is 13.0 Å². The van der Waals surface area contributed by atoms with Gasteiger partial charge >= 0.3 is 0 Å². The molecule has 1 aromatic carbocycles. The second-order valence-electron chi connectivity index (χ2n) is 6.38. The number of carbonyl (C=O) groups excluding carboxylic acids is 1. The number of nitrogens with one attached hydrogen (secondary N) is 2. The van der Waals surface area contributed by atoms with Crippen LogP contribution < -0.4 is 0 Å². The van der Waals surface area contributed by atoms with Crippen molar-refractivity contribution < 1.29 is 7.65 Å². The van der Waals surface area contributed by atoms with E-state index in [1.54, 1.807) is 17.2 Å². The first kappa shape index (κ1) is 17.5. The lowest BCUT2D eigenvalue weighted by atomic mass is 10.1. The van der Waals surface area contributed by atoms with Gasteiger partial charge in [0.1, 0.15) is 17.7 Å². The highest BCUT2D eigenvalue weighted by Gasteiger charge is 2.19. The van der Waals surface area contributed by atoms with Crippen LogP contribution in [-0.4, -0.2) is 37.3 Å². The molecule has 0 aliphatic carbocycles. The molecular formula is C21H22N6O. The van der Waals surface area contributed by atoms with Gasteiger partial charge in [-0.2, -0.15) is 5.26 Å². The van der Waals surface area contributed by atoms with E-state index in [4.69, 9.17) is 5.26 Å². The minimum atomic E-state index is -0.148. The lowest BCUT2D eigenvalue weighted by Crippen LogP contribution is -2.31. The van der Waals surface area contributed by atoms with E-state index in [0.717, 1.165) is 27.9 Å². The lowest BCUT2D eigenvalue weighted by Gasteiger charge is -2.21. The molecule has 0 unspecified atom stereocenters. The summed E-state index contributed by atoms with van der Waals surface area (Å²) in [5.74, 6) is -0.148. The van der Waals surface area contributed by atoms with Crippen molar-refractivity contribution in [1.29, 1.82) is 5.26 Å². The van der Waals surface area contributed by atoms with Crippen molar-refractivity contribution in [1.82, 2.24) is 24.8 Å². The van der Waals surface area contributed by atoms with E-state index in [0.29, 0.717) is 18.8 Å². The summed E-state index contributed by atoms with van der Waals surface area (Å²) in [7, 11) is 0. The van der Waals surface area contributed by atoms with Gasteiger partial charge in [0.25, 0.3) is 5.91 Å². The first-order valence-electron chi connectivity index (χ1n) is 8.93. The van der Waals surface area contributed by atoms with E-state index in [2.05, 4.69) is 26.0 Å². The number of hydrogen-bond acceptors (Lipinski definition) is 4. The Kier molecular flexibility index (Phi) is 4.85. The third kappa shape index (κ3) is 3.48. The Balaban J connectivity index is 0.00000160. The first-order chi connectivity index (χ1) is 13.8. The third-order valence-corrected chi connectivity index (χ3v) is 4.54. The lowest BCUT2D eigenvalue weighted by molar-refractivity contribution is 0.0741. The Labute approximate surface area is 164 Å². The molecule has 0 aliphatic heterocycles. The zero-order valence-corrected chi connectivity index (χ0v) is 15.1. The molecule has 1 amide bonds. The van der Waals surface area contributed by atoms with Crippen molar-refractivity contribution in [3.05, 3.63) is 72.4 Å². The standard InChI is InChI=1S/C21H18N6O.2H2/c22-8-4-10-27(13-15-5-2-1-3-6-15)21(28)18-11-16(12-24-18)19-17-7-9-23-20(17)26-14-25-19;;/h1-3,5-7,9,11-12,14,24H,4,10,13H2,(H,23,25,26);2*1H. The van der Waals surface area contributed by atoms with E-state index in [9.17, 15) is 4.79 Å². The fraction of sp³-hybridized carbons (Fsp3) is 0.143. The zero-order chi connectivity index (χ0) is 19.3. The van der Waals surface area contributed by atoms with Gasteiger partial charge in [-0.1, -0.05) is 30.3 Å². The molecule has 4 rings (SSSR count). The van der Waals surface area contributed by atoms with Gasteiger partial charge in [0.05, 0.1) is 18.2 Å². The molecule has 0 saturated carbocycles. The van der Waals surface area contributed by atoms with Crippen LogP contribution in [-0.2, 0) is 6.54 Å². The first-order valence-corrected chi connectivity index (χ1v) is 8.93. The summed E-state index contributed by atoms with van der Waals surface area (Å²) in [6, 6.07) is 15.6. The SMILES string of the molecule is N#CCCN(Cc1ccccc1)C(=O)c1cc(-c2ncnc3[nH]ccc23)c[nH]1.[HH].[HH]. The van der Waals surface area contributed by atoms with E-state index in [1.165, 1.54) is 6.33 Å². The molecule has 7 nitrogen and oxygen atoms in total. The molecule has 28 heavy (non-hydrogen) atoms. The molecule has 0 saturated heterocycles. The summed E-state index contributed by atoms with van der Waals surface area (Å²) in [6.07, 6.45) is 5.36. The van der Waals surface area contributed by atoms with Gasteiger partial charge in [-0.15, -0.1) is 0 Å². The zero-order valence-electron chi connectivity index (χ0n) is 15.1. The molecular weight excluding hydrogens is 352 g/mol. The molecule has 0 atom stereocenters. The number of nitriles is 1. The smallest absolute Gasteiger partial charge is 0.270 e. The number of hydrogen-bond donors (Lipinski definition) is 2. The van der Waals surface area contributed by atoms with Crippen molar-refractivity contribution in [2.24, 2.45) is 0 Å². The van der Waals surface area contributed by atoms with E-state index in [1.807, 2.05) is 42.6 Å². The van der Waals surface area contributed by atoms with Crippen molar-refractivity contribution >= 4 is 16.9 Å². The maximum atomic E-state index is 13.1. The van der Waals surface area contributed by atoms with Crippen LogP contribution in [0.4, 0.5) is 0 Å². The fourth-order valence-electron chi connectivity index (χ4n) is 3.17. The molecule has 0 radical (unpaired) electrons. The number of H-pyrrole nitrogens is 2. The highest BCUT2D eigenvalue weighted by atomic mass is 16.2. The fourth-order valence-corrected chi connectivity index (χ4v) is 3.17. The van der Waals surface area contributed by atoms with Gasteiger partial charge in [0.2, 0.25) is 0 Å². The summed E-state index contributed by atoms with van der Waals surface area (Å²) in [6.45, 7) is 0.819. The maximum Gasteiger partial charge on any atom is 0.270 e. The predicted octanol–water partition coefficient (Wildman–Crippen LogP) is 4.00. The number of carbonyl (C=O) groups is 1. The number of benzene rings is 1. The van der Waals surface area contributed by atoms with Crippen LogP contribution in [0.15, 0.2) is 61.2 Å². The minimum Gasteiger partial charge on any atom is -0.357 e. The Bertz CT molecular complexity index is 1150. The molecule has 3 heterocycles. The van der Waals surface area contributed by atoms with Crippen LogP contribution in [0.2, 0.25) is 0 Å². The van der Waals surface area contributed by atoms with Crippen molar-refractivity contribution in [3.63, 3.8) is 0 Å². The van der Waals surface area contributed by atoms with Gasteiger partial charge < -0.3 is 14.9 Å². The van der Waals surface area contributed by atoms with Crippen LogP contribution in [0.1, 0.15) is 25.3 Å². The van der Waals surface area contributed by atoms with Crippen LogP contribution >= 0.6 is 0 Å². The van der Waals surface area contributed by atoms with E-state index in [-0.39, 0.29) is 15.2 Å². The Hall–Kier alpha value is -3.92. The van der Waals surface area contributed by atoms with Crippen LogP contribution in [0.3, 0.4) is 0 Å². The number of rotatable bonds is 6. The monoisotopic (exact) mass is 374 g/mol. The summed E-state index contributed by atoms with van der Waals surface area (Å²) >= 11 is 0. The summed E-state index contributed by atoms with van der Waals surface area (Å²) in [4.78, 5) is 29.4. The quantitative estimate of drug-likeness (QED) is 0.532. The van der Waals surface area contributed by atoms with E-state index < -0.39 is 0 Å². The van der Waals surface area contributed by atoms with Gasteiger partial charge in [0.15, 0.2) is 0 Å². The maximum absolute atomic E-state index is 13.1. The molecule has 142 valence electrons. The van der Waals surface area contributed by atoms with E-state index >= 15 is 0 Å². The highest BCUT2D eigenvalue weighted by Crippen LogP contribution is 2.25. The molecule has 0 bridgehead atoms. The van der Waals surface area contributed by atoms with Crippen molar-refractivity contribution in [3.8, 4) is 17.3 Å². The van der Waals surface area contributed by atoms with Crippen LogP contribution in [0, 0.1) is 11.3 Å². The molecule has 0 fully saturated rings. The van der Waals surface area contributed by atoms with Gasteiger partial charge in [-0.3, -0.25) is 4.79 Å². The summed E-state index contributed by atoms with van der Waals surface area (Å²) in [5.41, 5.74) is 3.80. The normalized spacial score (nSPS) is 10.7. The number of fused-ring (bicyclic) bond motifs is 1. The largest absolute Gasteiger partial charge is 0.357 e. The van der Waals surface area contributed by atoms with Crippen LogP contribution in [0.5, 0.6) is 0 Å². The number of amides is 1. The second-order valence-corrected chi connectivity index (χ2v) is 6.38. The average molecular weight is 374 g/mol. The predicted molar refractivity (Wildman–Crippen MR) is 109 cm³/mol. The third-order valence-electron chi connectivity index (χ3n) is 4.54. The molecule has 7 heteroatoms. The minimum absolute atomic E-state index is 0. The Morgan fingerprint density at radius 3 is 2.86 bits per heavy atom. The Morgan fingerprint density at radius 1 is 1.18 bits per heavy atom. The summed E-state index contributed by atoms with van der Waals surface area (Å²) < 4.78 is 0. The molecule has 0 aliphatic rings. The topological polar surface area (TPSA) is 101 Å². The second kappa shape index (κ2) is 7.76. The number of aromatic nitrogens is 4. The van der Waals surface area contributed by atoms with Gasteiger partial charge in [0, 0.05) is 39.3 Å². The van der Waals surface area contributed by atoms with Gasteiger partial charge in [-0.25, -0.2) is 9.97 Å². The molecule has 3 aromatic heterocycles.